The Morgan fingerprint density at radius 2 is 1.74 bits per heavy atom. The lowest BCUT2D eigenvalue weighted by Gasteiger charge is -2.36. The molecular weight excluding hydrogens is 365 g/mol. The van der Waals surface area contributed by atoms with E-state index in [0.29, 0.717) is 13.1 Å². The van der Waals surface area contributed by atoms with Crippen LogP contribution >= 0.6 is 0 Å². The van der Waals surface area contributed by atoms with E-state index < -0.39 is 11.1 Å². The van der Waals surface area contributed by atoms with Crippen molar-refractivity contribution >= 4 is 27.7 Å². The molecule has 1 saturated heterocycles. The second kappa shape index (κ2) is 7.72. The second-order valence-electron chi connectivity index (χ2n) is 6.61. The summed E-state index contributed by atoms with van der Waals surface area (Å²) in [6.07, 6.45) is 0. The molecule has 1 aliphatic heterocycles. The zero-order valence-corrected chi connectivity index (χ0v) is 15.5. The molecule has 1 N–H and O–H groups in total. The zero-order valence-electron chi connectivity index (χ0n) is 14.7. The molecule has 4 rings (SSSR count). The molecule has 27 heavy (non-hydrogen) atoms. The highest BCUT2D eigenvalue weighted by Gasteiger charge is 2.22. The molecule has 1 aromatic heterocycles. The van der Waals surface area contributed by atoms with Gasteiger partial charge in [-0.3, -0.25) is 4.90 Å². The fraction of sp³-hybridized carbons (Fsp3) is 0.250. The van der Waals surface area contributed by atoms with Gasteiger partial charge in [0.25, 0.3) is 0 Å². The van der Waals surface area contributed by atoms with Gasteiger partial charge in [0.05, 0.1) is 16.9 Å². The van der Waals surface area contributed by atoms with Gasteiger partial charge in [-0.2, -0.15) is 0 Å². The van der Waals surface area contributed by atoms with Crippen LogP contribution in [0.3, 0.4) is 0 Å². The molecule has 1 atom stereocenters. The van der Waals surface area contributed by atoms with E-state index in [1.54, 1.807) is 12.1 Å². The number of fused-ring (bicyclic) bond motifs is 1. The number of aromatic nitrogens is 1. The summed E-state index contributed by atoms with van der Waals surface area (Å²) in [6, 6.07) is 16.5. The van der Waals surface area contributed by atoms with Crippen LogP contribution in [0, 0.1) is 5.82 Å². The van der Waals surface area contributed by atoms with Gasteiger partial charge >= 0.3 is 0 Å². The van der Waals surface area contributed by atoms with Crippen LogP contribution in [-0.4, -0.2) is 50.7 Å². The van der Waals surface area contributed by atoms with Crippen LogP contribution in [-0.2, 0) is 11.1 Å². The first-order valence-corrected chi connectivity index (χ1v) is 10.1. The summed E-state index contributed by atoms with van der Waals surface area (Å²) in [7, 11) is 0. The van der Waals surface area contributed by atoms with Crippen molar-refractivity contribution in [2.45, 2.75) is 0 Å². The summed E-state index contributed by atoms with van der Waals surface area (Å²) >= 11 is -1.81. The molecule has 0 amide bonds. The summed E-state index contributed by atoms with van der Waals surface area (Å²) in [5.74, 6) is -0.0963. The SMILES string of the molecule is O=S(O)CN1CCN(c2cc3ccccc3nc2-c2ccc(F)cc2)CC1. The van der Waals surface area contributed by atoms with Crippen molar-refractivity contribution in [1.82, 2.24) is 9.88 Å². The molecule has 1 aliphatic rings. The quantitative estimate of drug-likeness (QED) is 0.698. The zero-order chi connectivity index (χ0) is 18.8. The minimum absolute atomic E-state index is 0.175. The third-order valence-corrected chi connectivity index (χ3v) is 5.41. The molecule has 7 heteroatoms. The largest absolute Gasteiger partial charge is 0.367 e. The van der Waals surface area contributed by atoms with Crippen LogP contribution in [0.5, 0.6) is 0 Å². The maximum Gasteiger partial charge on any atom is 0.167 e. The first kappa shape index (κ1) is 18.0. The predicted molar refractivity (Wildman–Crippen MR) is 107 cm³/mol. The number of nitrogens with zero attached hydrogens (tertiary/aromatic N) is 3. The molecule has 5 nitrogen and oxygen atoms in total. The van der Waals surface area contributed by atoms with Crippen LogP contribution in [0.1, 0.15) is 0 Å². The smallest absolute Gasteiger partial charge is 0.167 e. The third kappa shape index (κ3) is 4.00. The van der Waals surface area contributed by atoms with Gasteiger partial charge in [-0.05, 0) is 36.4 Å². The number of piperazine rings is 1. The lowest BCUT2D eigenvalue weighted by atomic mass is 10.1. The van der Waals surface area contributed by atoms with Crippen molar-refractivity contribution in [3.05, 3.63) is 60.4 Å². The maximum absolute atomic E-state index is 13.4. The number of para-hydroxylation sites is 1. The summed E-state index contributed by atoms with van der Waals surface area (Å²) in [4.78, 5) is 9.08. The van der Waals surface area contributed by atoms with Gasteiger partial charge in [-0.25, -0.2) is 13.6 Å². The average molecular weight is 385 g/mol. The second-order valence-corrected chi connectivity index (χ2v) is 7.51. The van der Waals surface area contributed by atoms with E-state index in [2.05, 4.69) is 11.0 Å². The highest BCUT2D eigenvalue weighted by Crippen LogP contribution is 2.33. The minimum atomic E-state index is -1.81. The molecule has 2 aromatic carbocycles. The number of hydrogen-bond donors (Lipinski definition) is 1. The topological polar surface area (TPSA) is 56.7 Å². The van der Waals surface area contributed by atoms with E-state index in [4.69, 9.17) is 9.54 Å². The lowest BCUT2D eigenvalue weighted by molar-refractivity contribution is 0.292. The van der Waals surface area contributed by atoms with Crippen molar-refractivity contribution < 1.29 is 13.2 Å². The summed E-state index contributed by atoms with van der Waals surface area (Å²) in [5.41, 5.74) is 3.60. The van der Waals surface area contributed by atoms with Gasteiger partial charge < -0.3 is 9.45 Å². The molecule has 3 aromatic rings. The number of rotatable bonds is 4. The Hall–Kier alpha value is -2.35. The molecule has 0 saturated carbocycles. The predicted octanol–water partition coefficient (Wildman–Crippen LogP) is 3.34. The number of hydrogen-bond acceptors (Lipinski definition) is 4. The Morgan fingerprint density at radius 3 is 2.44 bits per heavy atom. The highest BCUT2D eigenvalue weighted by atomic mass is 32.2. The van der Waals surface area contributed by atoms with Crippen LogP contribution in [0.2, 0.25) is 0 Å². The Bertz CT molecular complexity index is 973. The van der Waals surface area contributed by atoms with E-state index in [1.807, 2.05) is 29.2 Å². The lowest BCUT2D eigenvalue weighted by Crippen LogP contribution is -2.47. The fourth-order valence-electron chi connectivity index (χ4n) is 3.44. The van der Waals surface area contributed by atoms with Crippen molar-refractivity contribution in [1.29, 1.82) is 0 Å². The van der Waals surface area contributed by atoms with Gasteiger partial charge in [-0.15, -0.1) is 0 Å². The van der Waals surface area contributed by atoms with Crippen LogP contribution < -0.4 is 4.90 Å². The number of anilines is 1. The maximum atomic E-state index is 13.4. The Balaban J connectivity index is 1.71. The van der Waals surface area contributed by atoms with Crippen LogP contribution in [0.4, 0.5) is 10.1 Å². The van der Waals surface area contributed by atoms with Crippen molar-refractivity contribution in [3.8, 4) is 11.3 Å². The first-order valence-electron chi connectivity index (χ1n) is 8.80. The molecule has 1 fully saturated rings. The van der Waals surface area contributed by atoms with Gasteiger partial charge in [0, 0.05) is 37.1 Å². The molecule has 140 valence electrons. The molecular formula is C20H20FN3O2S. The highest BCUT2D eigenvalue weighted by molar-refractivity contribution is 7.79. The minimum Gasteiger partial charge on any atom is -0.367 e. The van der Waals surface area contributed by atoms with E-state index in [0.717, 1.165) is 40.9 Å². The average Bonchev–Trinajstić information content (AvgIpc) is 2.68. The standard InChI is InChI=1S/C20H20FN3O2S/c21-17-7-5-15(6-8-17)20-19(13-16-3-1-2-4-18(16)22-20)24-11-9-23(10-12-24)14-27(25)26/h1-8,13H,9-12,14H2,(H,25,26). The monoisotopic (exact) mass is 385 g/mol. The molecule has 2 heterocycles. The number of benzene rings is 2. The summed E-state index contributed by atoms with van der Waals surface area (Å²) < 4.78 is 33.5. The summed E-state index contributed by atoms with van der Waals surface area (Å²) in [5, 5.41) is 1.05. The summed E-state index contributed by atoms with van der Waals surface area (Å²) in [6.45, 7) is 2.90. The van der Waals surface area contributed by atoms with Crippen LogP contribution in [0.15, 0.2) is 54.6 Å². The van der Waals surface area contributed by atoms with Gasteiger partial charge in [0.2, 0.25) is 0 Å². The van der Waals surface area contributed by atoms with Crippen molar-refractivity contribution in [2.24, 2.45) is 0 Å². The fourth-order valence-corrected chi connectivity index (χ4v) is 4.01. The molecule has 0 radical (unpaired) electrons. The Kier molecular flexibility index (Phi) is 5.15. The van der Waals surface area contributed by atoms with Gasteiger partial charge in [-0.1, -0.05) is 18.2 Å². The van der Waals surface area contributed by atoms with E-state index in [9.17, 15) is 8.60 Å². The van der Waals surface area contributed by atoms with Crippen LogP contribution in [0.25, 0.3) is 22.2 Å². The molecule has 1 unspecified atom stereocenters. The molecule has 0 spiro atoms. The van der Waals surface area contributed by atoms with E-state index >= 15 is 0 Å². The number of halogens is 1. The third-order valence-electron chi connectivity index (χ3n) is 4.83. The van der Waals surface area contributed by atoms with Gasteiger partial charge in [0.1, 0.15) is 11.7 Å². The van der Waals surface area contributed by atoms with Crippen molar-refractivity contribution in [3.63, 3.8) is 0 Å². The first-order chi connectivity index (χ1) is 13.1. The molecule has 0 aliphatic carbocycles. The number of pyridine rings is 1. The van der Waals surface area contributed by atoms with E-state index in [1.165, 1.54) is 12.1 Å². The van der Waals surface area contributed by atoms with Gasteiger partial charge in [0.15, 0.2) is 11.1 Å². The normalized spacial score (nSPS) is 16.6. The Morgan fingerprint density at radius 1 is 1.04 bits per heavy atom. The van der Waals surface area contributed by atoms with E-state index in [-0.39, 0.29) is 11.7 Å². The molecule has 0 bridgehead atoms. The Labute approximate surface area is 159 Å². The van der Waals surface area contributed by atoms with Crippen molar-refractivity contribution in [2.75, 3.05) is 37.0 Å².